The molecule has 1 aliphatic heterocycles. The van der Waals surface area contributed by atoms with Crippen LogP contribution in [0.3, 0.4) is 0 Å². The van der Waals surface area contributed by atoms with E-state index in [1.807, 2.05) is 32.9 Å². The maximum absolute atomic E-state index is 12.2. The monoisotopic (exact) mass is 426 g/mol. The zero-order valence-corrected chi connectivity index (χ0v) is 17.6. The van der Waals surface area contributed by atoms with E-state index in [2.05, 4.69) is 27.8 Å². The van der Waals surface area contributed by atoms with Crippen molar-refractivity contribution in [2.75, 3.05) is 26.7 Å². The Morgan fingerprint density at radius 1 is 1.27 bits per heavy atom. The molecule has 0 bridgehead atoms. The number of amides is 1. The molecule has 7 heteroatoms. The fraction of sp³-hybridized carbons (Fsp3) is 0.579. The molecule has 0 unspecified atom stereocenters. The zero-order valence-electron chi connectivity index (χ0n) is 16.0. The second-order valence-electron chi connectivity index (χ2n) is 7.55. The van der Waals surface area contributed by atoms with Crippen LogP contribution in [0.5, 0.6) is 0 Å². The van der Waals surface area contributed by atoms with E-state index in [0.717, 1.165) is 23.1 Å². The number of ether oxygens (including phenoxy) is 2. The van der Waals surface area contributed by atoms with E-state index < -0.39 is 5.60 Å². The largest absolute Gasteiger partial charge is 0.465 e. The molecule has 0 saturated carbocycles. The van der Waals surface area contributed by atoms with Crippen molar-refractivity contribution >= 4 is 28.0 Å². The van der Waals surface area contributed by atoms with Crippen molar-refractivity contribution in [3.63, 3.8) is 0 Å². The molecule has 1 aromatic carbocycles. The number of esters is 1. The van der Waals surface area contributed by atoms with Gasteiger partial charge in [0.15, 0.2) is 0 Å². The highest BCUT2D eigenvalue weighted by Crippen LogP contribution is 2.22. The normalized spacial score (nSPS) is 18.5. The summed E-state index contributed by atoms with van der Waals surface area (Å²) in [5.74, 6) is -0.359. The Bertz CT molecular complexity index is 672. The number of hydrogen-bond donors (Lipinski definition) is 0. The molecule has 1 aliphatic rings. The van der Waals surface area contributed by atoms with E-state index in [1.165, 1.54) is 7.11 Å². The third-order valence-electron chi connectivity index (χ3n) is 4.24. The first-order chi connectivity index (χ1) is 12.1. The lowest BCUT2D eigenvalue weighted by atomic mass is 10.1. The van der Waals surface area contributed by atoms with Crippen LogP contribution in [0.2, 0.25) is 0 Å². The van der Waals surface area contributed by atoms with Crippen LogP contribution in [0.15, 0.2) is 22.7 Å². The molecule has 144 valence electrons. The molecular formula is C19H27BrN2O4. The number of methoxy groups -OCH3 is 1. The summed E-state index contributed by atoms with van der Waals surface area (Å²) in [6.45, 7) is 10.5. The van der Waals surface area contributed by atoms with Crippen LogP contribution in [0.4, 0.5) is 4.79 Å². The van der Waals surface area contributed by atoms with E-state index in [0.29, 0.717) is 18.7 Å². The lowest BCUT2D eigenvalue weighted by Gasteiger charge is -2.40. The Morgan fingerprint density at radius 2 is 1.96 bits per heavy atom. The number of carbonyl (C=O) groups excluding carboxylic acids is 2. The Labute approximate surface area is 163 Å². The average Bonchev–Trinajstić information content (AvgIpc) is 2.54. The van der Waals surface area contributed by atoms with Gasteiger partial charge in [-0.25, -0.2) is 9.59 Å². The number of hydrogen-bond acceptors (Lipinski definition) is 5. The van der Waals surface area contributed by atoms with Crippen LogP contribution < -0.4 is 0 Å². The van der Waals surface area contributed by atoms with Crippen LogP contribution in [0.25, 0.3) is 0 Å². The van der Waals surface area contributed by atoms with Gasteiger partial charge in [0, 0.05) is 36.7 Å². The van der Waals surface area contributed by atoms with Crippen molar-refractivity contribution in [2.45, 2.75) is 45.9 Å². The molecule has 1 aromatic rings. The summed E-state index contributed by atoms with van der Waals surface area (Å²) in [7, 11) is 1.37. The van der Waals surface area contributed by atoms with Crippen LogP contribution in [-0.2, 0) is 16.0 Å². The van der Waals surface area contributed by atoms with Gasteiger partial charge >= 0.3 is 12.1 Å². The van der Waals surface area contributed by atoms with E-state index in [-0.39, 0.29) is 18.1 Å². The van der Waals surface area contributed by atoms with E-state index >= 15 is 0 Å². The van der Waals surface area contributed by atoms with E-state index in [9.17, 15) is 9.59 Å². The van der Waals surface area contributed by atoms with Crippen molar-refractivity contribution in [2.24, 2.45) is 0 Å². The summed E-state index contributed by atoms with van der Waals surface area (Å²) in [5.41, 5.74) is 1.13. The number of carbonyl (C=O) groups is 2. The molecule has 1 saturated heterocycles. The molecule has 0 radical (unpaired) electrons. The number of nitrogens with zero attached hydrogens (tertiary/aromatic N) is 2. The Kier molecular flexibility index (Phi) is 6.69. The van der Waals surface area contributed by atoms with E-state index in [4.69, 9.17) is 9.47 Å². The first-order valence-electron chi connectivity index (χ1n) is 8.69. The highest BCUT2D eigenvalue weighted by atomic mass is 79.9. The van der Waals surface area contributed by atoms with Crippen LogP contribution in [0.1, 0.15) is 43.6 Å². The zero-order chi connectivity index (χ0) is 19.5. The predicted molar refractivity (Wildman–Crippen MR) is 103 cm³/mol. The molecule has 1 heterocycles. The van der Waals surface area contributed by atoms with Gasteiger partial charge in [-0.05, 0) is 61.3 Å². The molecule has 1 amide bonds. The molecule has 1 atom stereocenters. The molecule has 1 fully saturated rings. The molecule has 2 rings (SSSR count). The van der Waals surface area contributed by atoms with Crippen LogP contribution >= 0.6 is 15.9 Å². The minimum absolute atomic E-state index is 0.218. The van der Waals surface area contributed by atoms with Crippen molar-refractivity contribution in [3.05, 3.63) is 33.8 Å². The van der Waals surface area contributed by atoms with Gasteiger partial charge in [-0.15, -0.1) is 0 Å². The van der Waals surface area contributed by atoms with Gasteiger partial charge in [0.2, 0.25) is 0 Å². The summed E-state index contributed by atoms with van der Waals surface area (Å²) in [6.07, 6.45) is -0.255. The summed E-state index contributed by atoms with van der Waals surface area (Å²) in [4.78, 5) is 28.0. The first kappa shape index (κ1) is 20.7. The minimum atomic E-state index is -0.481. The smallest absolute Gasteiger partial charge is 0.410 e. The highest BCUT2D eigenvalue weighted by molar-refractivity contribution is 9.10. The first-order valence-corrected chi connectivity index (χ1v) is 9.48. The molecular weight excluding hydrogens is 400 g/mol. The van der Waals surface area contributed by atoms with Gasteiger partial charge in [-0.3, -0.25) is 4.90 Å². The molecule has 6 nitrogen and oxygen atoms in total. The van der Waals surface area contributed by atoms with Crippen LogP contribution in [-0.4, -0.2) is 60.2 Å². The fourth-order valence-corrected chi connectivity index (χ4v) is 3.48. The number of halogens is 1. The lowest BCUT2D eigenvalue weighted by Crippen LogP contribution is -2.54. The summed E-state index contributed by atoms with van der Waals surface area (Å²) in [5, 5.41) is 0. The molecule has 0 spiro atoms. The van der Waals surface area contributed by atoms with Gasteiger partial charge < -0.3 is 14.4 Å². The van der Waals surface area contributed by atoms with Gasteiger partial charge in [0.25, 0.3) is 0 Å². The number of piperazine rings is 1. The average molecular weight is 427 g/mol. The topological polar surface area (TPSA) is 59.1 Å². The maximum Gasteiger partial charge on any atom is 0.410 e. The summed E-state index contributed by atoms with van der Waals surface area (Å²) in [6, 6.07) is 5.87. The minimum Gasteiger partial charge on any atom is -0.465 e. The standard InChI is InChI=1S/C19H27BrN2O4/c1-13-11-22(18(24)26-19(2,3)4)9-8-21(13)12-14-6-7-15(16(20)10-14)17(23)25-5/h6-7,10,13H,8-9,11-12H2,1-5H3/t13-/m1/s1. The number of benzene rings is 1. The third kappa shape index (κ3) is 5.45. The quantitative estimate of drug-likeness (QED) is 0.689. The van der Waals surface area contributed by atoms with Gasteiger partial charge in [-0.2, -0.15) is 0 Å². The molecule has 26 heavy (non-hydrogen) atoms. The van der Waals surface area contributed by atoms with Gasteiger partial charge in [0.05, 0.1) is 12.7 Å². The third-order valence-corrected chi connectivity index (χ3v) is 4.90. The number of rotatable bonds is 3. The van der Waals surface area contributed by atoms with Gasteiger partial charge in [-0.1, -0.05) is 6.07 Å². The Balaban J connectivity index is 1.97. The van der Waals surface area contributed by atoms with Crippen molar-refractivity contribution < 1.29 is 19.1 Å². The Morgan fingerprint density at radius 3 is 2.50 bits per heavy atom. The molecule has 0 aromatic heterocycles. The molecule has 0 aliphatic carbocycles. The van der Waals surface area contributed by atoms with Crippen molar-refractivity contribution in [1.29, 1.82) is 0 Å². The second-order valence-corrected chi connectivity index (χ2v) is 8.41. The Hall–Kier alpha value is -1.60. The maximum atomic E-state index is 12.2. The molecule has 0 N–H and O–H groups in total. The highest BCUT2D eigenvalue weighted by Gasteiger charge is 2.29. The lowest BCUT2D eigenvalue weighted by molar-refractivity contribution is 0.00460. The summed E-state index contributed by atoms with van der Waals surface area (Å²) >= 11 is 3.44. The fourth-order valence-electron chi connectivity index (χ4n) is 2.89. The van der Waals surface area contributed by atoms with Gasteiger partial charge in [0.1, 0.15) is 5.60 Å². The van der Waals surface area contributed by atoms with Crippen molar-refractivity contribution in [1.82, 2.24) is 9.80 Å². The SMILES string of the molecule is COC(=O)c1ccc(CN2CCN(C(=O)OC(C)(C)C)C[C@H]2C)cc1Br. The second kappa shape index (κ2) is 8.39. The predicted octanol–water partition coefficient (Wildman–Crippen LogP) is 3.68. The van der Waals surface area contributed by atoms with E-state index in [1.54, 1.807) is 11.0 Å². The summed E-state index contributed by atoms with van der Waals surface area (Å²) < 4.78 is 10.9. The van der Waals surface area contributed by atoms with Crippen molar-refractivity contribution in [3.8, 4) is 0 Å². The van der Waals surface area contributed by atoms with Crippen LogP contribution in [0, 0.1) is 0 Å².